The van der Waals surface area contributed by atoms with Crippen molar-refractivity contribution in [1.29, 1.82) is 0 Å². The predicted molar refractivity (Wildman–Crippen MR) is 84.8 cm³/mol. The van der Waals surface area contributed by atoms with E-state index in [1.807, 2.05) is 0 Å². The van der Waals surface area contributed by atoms with Crippen LogP contribution in [0.15, 0.2) is 30.3 Å². The Morgan fingerprint density at radius 1 is 1.17 bits per heavy atom. The van der Waals surface area contributed by atoms with E-state index in [0.717, 1.165) is 0 Å². The molecular weight excluding hydrogens is 348 g/mol. The minimum Gasteiger partial charge on any atom is -0.335 e. The summed E-state index contributed by atoms with van der Waals surface area (Å²) in [5.41, 5.74) is 2.71. The Hall–Kier alpha value is -1.72. The molecule has 23 heavy (non-hydrogen) atoms. The van der Waals surface area contributed by atoms with E-state index < -0.39 is 12.6 Å². The number of aromatic amines is 1. The summed E-state index contributed by atoms with van der Waals surface area (Å²) in [4.78, 5) is 6.80. The monoisotopic (exact) mass is 357 g/mol. The fourth-order valence-corrected chi connectivity index (χ4v) is 3.16. The summed E-state index contributed by atoms with van der Waals surface area (Å²) in [7, 11) is 0. The van der Waals surface area contributed by atoms with E-state index >= 15 is 0 Å². The summed E-state index contributed by atoms with van der Waals surface area (Å²) in [5, 5.41) is 0.643. The molecule has 2 nitrogen and oxygen atoms in total. The fraction of sp³-hybridized carbons (Fsp3) is 0.188. The van der Waals surface area contributed by atoms with Crippen molar-refractivity contribution in [3.05, 3.63) is 52.3 Å². The minimum atomic E-state index is -4.22. The molecule has 0 saturated heterocycles. The van der Waals surface area contributed by atoms with Crippen molar-refractivity contribution in [2.75, 3.05) is 0 Å². The van der Waals surface area contributed by atoms with Crippen molar-refractivity contribution >= 4 is 34.2 Å². The van der Waals surface area contributed by atoms with Crippen LogP contribution in [-0.2, 0) is 6.42 Å². The maximum Gasteiger partial charge on any atom is 0.389 e. The number of fused-ring (bicyclic) bond motifs is 1. The van der Waals surface area contributed by atoms with Gasteiger partial charge in [-0.3, -0.25) is 0 Å². The third-order valence-electron chi connectivity index (χ3n) is 3.52. The molecule has 0 amide bonds. The van der Waals surface area contributed by atoms with Crippen LogP contribution in [0.4, 0.5) is 13.2 Å². The van der Waals surface area contributed by atoms with E-state index in [4.69, 9.17) is 23.2 Å². The average molecular weight is 358 g/mol. The lowest BCUT2D eigenvalue weighted by Crippen LogP contribution is -2.09. The second-order valence-corrected chi connectivity index (χ2v) is 5.85. The van der Waals surface area contributed by atoms with Crippen molar-refractivity contribution in [3.8, 4) is 11.1 Å². The molecule has 0 aliphatic rings. The minimum absolute atomic E-state index is 0.142. The average Bonchev–Trinajstić information content (AvgIpc) is 2.94. The number of imidazole rings is 1. The fourth-order valence-electron chi connectivity index (χ4n) is 2.46. The van der Waals surface area contributed by atoms with Crippen LogP contribution in [0.2, 0.25) is 10.0 Å². The number of hydrogen-bond donors (Lipinski definition) is 1. The summed E-state index contributed by atoms with van der Waals surface area (Å²) in [6.07, 6.45) is -2.69. The van der Waals surface area contributed by atoms with Gasteiger partial charge in [-0.15, -0.1) is 0 Å². The first kappa shape index (κ1) is 16.1. The Morgan fingerprint density at radius 2 is 1.91 bits per heavy atom. The third-order valence-corrected chi connectivity index (χ3v) is 4.18. The molecule has 7 heteroatoms. The molecule has 1 aromatic heterocycles. The SMILES string of the molecule is FC(F)(F)CCc1ccccc1-c1c(Cl)cc2[nH][c]nc2c1Cl. The number of hydrogen-bond acceptors (Lipinski definition) is 1. The van der Waals surface area contributed by atoms with E-state index in [9.17, 15) is 13.2 Å². The van der Waals surface area contributed by atoms with Gasteiger partial charge in [0.1, 0.15) is 5.52 Å². The van der Waals surface area contributed by atoms with Gasteiger partial charge in [0.25, 0.3) is 0 Å². The smallest absolute Gasteiger partial charge is 0.335 e. The van der Waals surface area contributed by atoms with Crippen LogP contribution < -0.4 is 0 Å². The molecule has 3 aromatic rings. The second-order valence-electron chi connectivity index (χ2n) is 5.06. The highest BCUT2D eigenvalue weighted by Crippen LogP contribution is 2.41. The molecule has 0 saturated carbocycles. The number of rotatable bonds is 3. The van der Waals surface area contributed by atoms with Crippen LogP contribution in [0.1, 0.15) is 12.0 Å². The van der Waals surface area contributed by atoms with Gasteiger partial charge < -0.3 is 4.98 Å². The number of H-pyrrole nitrogens is 1. The molecule has 0 atom stereocenters. The molecule has 0 fully saturated rings. The molecule has 1 radical (unpaired) electrons. The second kappa shape index (κ2) is 6.06. The molecule has 0 unspecified atom stereocenters. The van der Waals surface area contributed by atoms with Gasteiger partial charge in [-0.2, -0.15) is 13.2 Å². The summed E-state index contributed by atoms with van der Waals surface area (Å²) >= 11 is 12.7. The molecular formula is C16H10Cl2F3N2. The lowest BCUT2D eigenvalue weighted by molar-refractivity contribution is -0.133. The van der Waals surface area contributed by atoms with Gasteiger partial charge in [0, 0.05) is 12.0 Å². The number of aromatic nitrogens is 2. The molecule has 0 spiro atoms. The molecule has 0 aliphatic heterocycles. The Labute approximate surface area is 140 Å². The lowest BCUT2D eigenvalue weighted by atomic mass is 9.96. The molecule has 0 bridgehead atoms. The molecule has 3 rings (SSSR count). The zero-order valence-corrected chi connectivity index (χ0v) is 13.1. The summed E-state index contributed by atoms with van der Waals surface area (Å²) < 4.78 is 37.6. The van der Waals surface area contributed by atoms with Crippen LogP contribution in [-0.4, -0.2) is 16.1 Å². The van der Waals surface area contributed by atoms with Gasteiger partial charge in [0.05, 0.1) is 15.6 Å². The summed E-state index contributed by atoms with van der Waals surface area (Å²) in [6.45, 7) is 0. The quantitative estimate of drug-likeness (QED) is 0.627. The number of alkyl halides is 3. The van der Waals surface area contributed by atoms with E-state index in [1.165, 1.54) is 0 Å². The molecule has 1 heterocycles. The highest BCUT2D eigenvalue weighted by atomic mass is 35.5. The van der Waals surface area contributed by atoms with Crippen molar-refractivity contribution in [2.45, 2.75) is 19.0 Å². The predicted octanol–water partition coefficient (Wildman–Crippen LogP) is 5.83. The van der Waals surface area contributed by atoms with Gasteiger partial charge in [0.15, 0.2) is 6.33 Å². The van der Waals surface area contributed by atoms with Gasteiger partial charge in [0.2, 0.25) is 0 Å². The Morgan fingerprint density at radius 3 is 2.65 bits per heavy atom. The Balaban J connectivity index is 2.12. The van der Waals surface area contributed by atoms with Crippen LogP contribution in [0, 0.1) is 6.33 Å². The zero-order chi connectivity index (χ0) is 16.6. The highest BCUT2D eigenvalue weighted by Gasteiger charge is 2.27. The first-order valence-corrected chi connectivity index (χ1v) is 7.51. The molecule has 2 aromatic carbocycles. The third kappa shape index (κ3) is 3.31. The number of benzene rings is 2. The first-order chi connectivity index (χ1) is 10.9. The van der Waals surface area contributed by atoms with Gasteiger partial charge in [-0.05, 0) is 23.6 Å². The van der Waals surface area contributed by atoms with Crippen LogP contribution in [0.5, 0.6) is 0 Å². The maximum absolute atomic E-state index is 12.5. The Kier molecular flexibility index (Phi) is 4.25. The van der Waals surface area contributed by atoms with E-state index in [2.05, 4.69) is 16.3 Å². The van der Waals surface area contributed by atoms with Crippen molar-refractivity contribution in [1.82, 2.24) is 9.97 Å². The normalized spacial score (nSPS) is 12.0. The maximum atomic E-state index is 12.5. The topological polar surface area (TPSA) is 28.7 Å². The van der Waals surface area contributed by atoms with Crippen LogP contribution in [0.3, 0.4) is 0 Å². The Bertz CT molecular complexity index is 856. The molecule has 1 N–H and O–H groups in total. The number of aryl methyl sites for hydroxylation is 1. The van der Waals surface area contributed by atoms with Crippen molar-refractivity contribution < 1.29 is 13.2 Å². The van der Waals surface area contributed by atoms with Gasteiger partial charge >= 0.3 is 6.18 Å². The van der Waals surface area contributed by atoms with Gasteiger partial charge in [-0.25, -0.2) is 4.98 Å². The van der Waals surface area contributed by atoms with Crippen LogP contribution in [0.25, 0.3) is 22.2 Å². The van der Waals surface area contributed by atoms with Crippen molar-refractivity contribution in [2.24, 2.45) is 0 Å². The van der Waals surface area contributed by atoms with E-state index in [0.29, 0.717) is 37.8 Å². The largest absolute Gasteiger partial charge is 0.389 e. The number of halogens is 5. The zero-order valence-electron chi connectivity index (χ0n) is 11.6. The van der Waals surface area contributed by atoms with Crippen LogP contribution >= 0.6 is 23.2 Å². The van der Waals surface area contributed by atoms with E-state index in [-0.39, 0.29) is 6.42 Å². The van der Waals surface area contributed by atoms with Crippen molar-refractivity contribution in [3.63, 3.8) is 0 Å². The summed E-state index contributed by atoms with van der Waals surface area (Å²) in [5.74, 6) is 0. The summed E-state index contributed by atoms with van der Waals surface area (Å²) in [6, 6.07) is 8.43. The lowest BCUT2D eigenvalue weighted by Gasteiger charge is -2.14. The van der Waals surface area contributed by atoms with E-state index in [1.54, 1.807) is 30.3 Å². The molecule has 119 valence electrons. The molecule has 0 aliphatic carbocycles. The van der Waals surface area contributed by atoms with Gasteiger partial charge in [-0.1, -0.05) is 47.5 Å². The number of nitrogens with one attached hydrogen (secondary N) is 1. The highest BCUT2D eigenvalue weighted by molar-refractivity contribution is 6.42. The standard InChI is InChI=1S/C16H10Cl2F3N2/c17-11-7-12-15(23-8-22-12)14(18)13(11)10-4-2-1-3-9(10)5-6-16(19,20)21/h1-4,7H,5-6H2,(H,22,23). The number of nitrogens with zero attached hydrogens (tertiary/aromatic N) is 1. The first-order valence-electron chi connectivity index (χ1n) is 6.75.